The summed E-state index contributed by atoms with van der Waals surface area (Å²) in [7, 11) is -5.36. The molecule has 0 saturated carbocycles. The standard InChI is InChI=1S/C8H9F13OSi2/c1-2-24(22-23)8(20,21)6(15,16)4(11,12)3(9,10)5(13,14)7(17,18)19/h24H,2H2,1,23H3. The highest BCUT2D eigenvalue weighted by Crippen LogP contribution is 2.60. The minimum atomic E-state index is -7.84. The second-order valence-corrected chi connectivity index (χ2v) is 8.96. The average molecular weight is 424 g/mol. The normalized spacial score (nSPS) is 17.2. The fourth-order valence-electron chi connectivity index (χ4n) is 1.55. The number of hydrogen-bond donors (Lipinski definition) is 0. The summed E-state index contributed by atoms with van der Waals surface area (Å²) in [4.78, 5) is 0. The Labute approximate surface area is 130 Å². The molecule has 0 rings (SSSR count). The zero-order valence-electron chi connectivity index (χ0n) is 11.6. The molecule has 1 nitrogen and oxygen atoms in total. The second kappa shape index (κ2) is 6.33. The van der Waals surface area contributed by atoms with Crippen LogP contribution in [0.2, 0.25) is 6.04 Å². The van der Waals surface area contributed by atoms with Crippen LogP contribution in [-0.2, 0) is 4.12 Å². The Morgan fingerprint density at radius 3 is 1.25 bits per heavy atom. The molecule has 0 bridgehead atoms. The summed E-state index contributed by atoms with van der Waals surface area (Å²) in [6, 6.07) is -0.997. The lowest BCUT2D eigenvalue weighted by atomic mass is 9.98. The molecule has 0 aromatic rings. The van der Waals surface area contributed by atoms with Crippen molar-refractivity contribution in [1.29, 1.82) is 0 Å². The molecular formula is C8H9F13OSi2. The first-order chi connectivity index (χ1) is 10.3. The largest absolute Gasteiger partial charge is 0.462 e. The van der Waals surface area contributed by atoms with Crippen molar-refractivity contribution in [2.24, 2.45) is 0 Å². The monoisotopic (exact) mass is 424 g/mol. The van der Waals surface area contributed by atoms with Crippen molar-refractivity contribution in [3.05, 3.63) is 0 Å². The zero-order valence-corrected chi connectivity index (χ0v) is 14.8. The minimum Gasteiger partial charge on any atom is -0.462 e. The highest BCUT2D eigenvalue weighted by molar-refractivity contribution is 6.58. The molecule has 24 heavy (non-hydrogen) atoms. The Morgan fingerprint density at radius 1 is 0.667 bits per heavy atom. The lowest BCUT2D eigenvalue weighted by Crippen LogP contribution is -2.72. The predicted molar refractivity (Wildman–Crippen MR) is 59.4 cm³/mol. The van der Waals surface area contributed by atoms with Gasteiger partial charge in [-0.05, 0) is 6.04 Å². The van der Waals surface area contributed by atoms with Crippen molar-refractivity contribution >= 4 is 19.5 Å². The van der Waals surface area contributed by atoms with Crippen LogP contribution >= 0.6 is 0 Å². The summed E-state index contributed by atoms with van der Waals surface area (Å²) >= 11 is 0. The molecule has 0 aliphatic rings. The molecule has 0 aromatic carbocycles. The zero-order chi connectivity index (χ0) is 20.0. The molecule has 0 fully saturated rings. The van der Waals surface area contributed by atoms with Gasteiger partial charge in [0.05, 0.1) is 0 Å². The van der Waals surface area contributed by atoms with Crippen LogP contribution in [0.4, 0.5) is 57.1 Å². The first-order valence-electron chi connectivity index (χ1n) is 5.75. The molecule has 0 spiro atoms. The van der Waals surface area contributed by atoms with Gasteiger partial charge in [-0.3, -0.25) is 0 Å². The van der Waals surface area contributed by atoms with E-state index in [1.54, 1.807) is 0 Å². The van der Waals surface area contributed by atoms with Crippen LogP contribution in [0.1, 0.15) is 6.92 Å². The topological polar surface area (TPSA) is 9.23 Å². The molecule has 0 aliphatic carbocycles. The number of alkyl halides is 13. The molecule has 0 saturated heterocycles. The van der Waals surface area contributed by atoms with Crippen molar-refractivity contribution in [1.82, 2.24) is 0 Å². The highest BCUT2D eigenvalue weighted by atomic mass is 28.3. The maximum absolute atomic E-state index is 13.4. The van der Waals surface area contributed by atoms with Crippen molar-refractivity contribution < 1.29 is 61.2 Å². The summed E-state index contributed by atoms with van der Waals surface area (Å²) in [6.45, 7) is 0.749. The molecule has 16 heteroatoms. The Kier molecular flexibility index (Phi) is 6.20. The van der Waals surface area contributed by atoms with Gasteiger partial charge < -0.3 is 4.12 Å². The third kappa shape index (κ3) is 3.04. The summed E-state index contributed by atoms with van der Waals surface area (Å²) in [5.41, 5.74) is -6.02. The first kappa shape index (κ1) is 23.5. The summed E-state index contributed by atoms with van der Waals surface area (Å²) in [5, 5.41) is 0. The van der Waals surface area contributed by atoms with Gasteiger partial charge in [0, 0.05) is 0 Å². The van der Waals surface area contributed by atoms with Gasteiger partial charge in [0.1, 0.15) is 10.5 Å². The smallest absolute Gasteiger partial charge is 0.460 e. The van der Waals surface area contributed by atoms with Crippen molar-refractivity contribution in [2.75, 3.05) is 0 Å². The van der Waals surface area contributed by atoms with E-state index in [4.69, 9.17) is 0 Å². The Balaban J connectivity index is 6.30. The molecule has 0 heterocycles. The minimum absolute atomic E-state index is 0.706. The van der Waals surface area contributed by atoms with Gasteiger partial charge >= 0.3 is 35.4 Å². The number of halogens is 13. The van der Waals surface area contributed by atoms with E-state index < -0.39 is 61.0 Å². The van der Waals surface area contributed by atoms with Gasteiger partial charge in [-0.15, -0.1) is 0 Å². The van der Waals surface area contributed by atoms with Gasteiger partial charge in [0.15, 0.2) is 0 Å². The first-order valence-corrected chi connectivity index (χ1v) is 8.44. The van der Waals surface area contributed by atoms with Crippen LogP contribution < -0.4 is 0 Å². The van der Waals surface area contributed by atoms with Crippen LogP contribution in [0.3, 0.4) is 0 Å². The summed E-state index contributed by atoms with van der Waals surface area (Å²) in [5.74, 6) is -30.5. The van der Waals surface area contributed by atoms with Crippen LogP contribution in [0, 0.1) is 0 Å². The van der Waals surface area contributed by atoms with Crippen LogP contribution in [0.5, 0.6) is 0 Å². The predicted octanol–water partition coefficient (Wildman–Crippen LogP) is 3.31. The van der Waals surface area contributed by atoms with E-state index in [1.165, 1.54) is 0 Å². The molecule has 0 N–H and O–H groups in total. The van der Waals surface area contributed by atoms with Gasteiger partial charge in [-0.2, -0.15) is 48.3 Å². The van der Waals surface area contributed by atoms with E-state index in [0.29, 0.717) is 0 Å². The molecule has 146 valence electrons. The fourth-order valence-corrected chi connectivity index (χ4v) is 5.17. The summed E-state index contributed by atoms with van der Waals surface area (Å²) < 4.78 is 170. The van der Waals surface area contributed by atoms with Gasteiger partial charge in [0.25, 0.3) is 9.04 Å². The molecule has 0 radical (unpaired) electrons. The van der Waals surface area contributed by atoms with Crippen molar-refractivity contribution in [3.63, 3.8) is 0 Å². The third-order valence-electron chi connectivity index (χ3n) is 3.02. The van der Waals surface area contributed by atoms with E-state index in [9.17, 15) is 57.1 Å². The maximum atomic E-state index is 13.4. The average Bonchev–Trinajstić information content (AvgIpc) is 2.37. The molecule has 1 atom stereocenters. The SMILES string of the molecule is CC[SiH](O[SiH3])C(F)(F)C(F)(F)C(F)(F)C(F)(F)C(F)(F)C(F)(F)F. The number of hydrogen-bond acceptors (Lipinski definition) is 1. The molecule has 0 amide bonds. The van der Waals surface area contributed by atoms with Crippen LogP contribution in [-0.4, -0.2) is 54.9 Å². The van der Waals surface area contributed by atoms with E-state index in [0.717, 1.165) is 6.92 Å². The summed E-state index contributed by atoms with van der Waals surface area (Å²) in [6.07, 6.45) is -7.39. The van der Waals surface area contributed by atoms with E-state index in [1.807, 2.05) is 0 Å². The van der Waals surface area contributed by atoms with E-state index in [2.05, 4.69) is 4.12 Å². The van der Waals surface area contributed by atoms with Gasteiger partial charge in [0.2, 0.25) is 0 Å². The maximum Gasteiger partial charge on any atom is 0.460 e. The number of rotatable bonds is 7. The Morgan fingerprint density at radius 2 is 1.00 bits per heavy atom. The van der Waals surface area contributed by atoms with E-state index in [-0.39, 0.29) is 0 Å². The molecule has 0 aromatic heterocycles. The molecule has 0 aliphatic heterocycles. The lowest BCUT2D eigenvalue weighted by Gasteiger charge is -2.41. The van der Waals surface area contributed by atoms with Crippen molar-refractivity contribution in [2.45, 2.75) is 48.4 Å². The quantitative estimate of drug-likeness (QED) is 0.450. The third-order valence-corrected chi connectivity index (χ3v) is 7.21. The Bertz CT molecular complexity index is 442. The highest BCUT2D eigenvalue weighted by Gasteiger charge is 2.91. The van der Waals surface area contributed by atoms with Crippen LogP contribution in [0.15, 0.2) is 0 Å². The fraction of sp³-hybridized carbons (Fsp3) is 1.00. The van der Waals surface area contributed by atoms with Gasteiger partial charge in [-0.25, -0.2) is 8.78 Å². The Hall–Kier alpha value is -0.516. The second-order valence-electron chi connectivity index (χ2n) is 4.55. The van der Waals surface area contributed by atoms with Gasteiger partial charge in [-0.1, -0.05) is 6.92 Å². The lowest BCUT2D eigenvalue weighted by molar-refractivity contribution is -0.434. The van der Waals surface area contributed by atoms with E-state index >= 15 is 0 Å². The van der Waals surface area contributed by atoms with Crippen molar-refractivity contribution in [3.8, 4) is 0 Å². The molecular weight excluding hydrogens is 415 g/mol. The van der Waals surface area contributed by atoms with Crippen LogP contribution in [0.25, 0.3) is 0 Å². The molecule has 1 unspecified atom stereocenters.